The highest BCUT2D eigenvalue weighted by Crippen LogP contribution is 2.35. The highest BCUT2D eigenvalue weighted by Gasteiger charge is 2.38. The molecule has 1 amide bonds. The van der Waals surface area contributed by atoms with Crippen LogP contribution in [0.25, 0.3) is 0 Å². The minimum Gasteiger partial charge on any atom is -0.392 e. The summed E-state index contributed by atoms with van der Waals surface area (Å²) in [6, 6.07) is 4.13. The lowest BCUT2D eigenvalue weighted by atomic mass is 9.95. The first kappa shape index (κ1) is 16.7. The number of carbonyl (C=O) groups excluding carboxylic acids is 1. The number of nitrogens with zero attached hydrogens (tertiary/aromatic N) is 1. The molecule has 1 saturated heterocycles. The average Bonchev–Trinajstić information content (AvgIpc) is 2.49. The van der Waals surface area contributed by atoms with E-state index in [0.29, 0.717) is 28.1 Å². The Balaban J connectivity index is 2.13. The first-order chi connectivity index (χ1) is 9.89. The maximum absolute atomic E-state index is 13.3. The molecule has 3 nitrogen and oxygen atoms in total. The number of piperidine rings is 1. The summed E-state index contributed by atoms with van der Waals surface area (Å²) >= 11 is 10.1. The molecule has 0 radical (unpaired) electrons. The maximum atomic E-state index is 13.3. The van der Waals surface area contributed by atoms with E-state index in [9.17, 15) is 9.18 Å². The molecule has 1 aliphatic heterocycles. The summed E-state index contributed by atoms with van der Waals surface area (Å²) in [6.45, 7) is 1.14. The average molecular weight is 391 g/mol. The molecule has 1 heterocycles. The van der Waals surface area contributed by atoms with Gasteiger partial charge in [0.2, 0.25) is 0 Å². The molecule has 21 heavy (non-hydrogen) atoms. The van der Waals surface area contributed by atoms with E-state index in [0.717, 1.165) is 12.8 Å². The quantitative estimate of drug-likeness (QED) is 0.804. The second-order valence-corrected chi connectivity index (χ2v) is 7.46. The van der Waals surface area contributed by atoms with Crippen LogP contribution in [0, 0.1) is 5.82 Å². The van der Waals surface area contributed by atoms with Crippen molar-refractivity contribution >= 4 is 50.8 Å². The summed E-state index contributed by atoms with van der Waals surface area (Å²) in [7, 11) is 0. The van der Waals surface area contributed by atoms with Crippen molar-refractivity contribution in [2.24, 2.45) is 5.73 Å². The lowest BCUT2D eigenvalue weighted by Crippen LogP contribution is -2.50. The Morgan fingerprint density at radius 2 is 2.10 bits per heavy atom. The normalized spacial score (nSPS) is 17.6. The number of hydrogen-bond acceptors (Lipinski definition) is 3. The minimum atomic E-state index is -0.417. The van der Waals surface area contributed by atoms with Crippen molar-refractivity contribution in [2.45, 2.75) is 17.6 Å². The molecule has 0 bridgehead atoms. The van der Waals surface area contributed by atoms with E-state index < -0.39 is 5.82 Å². The van der Waals surface area contributed by atoms with E-state index in [1.54, 1.807) is 22.7 Å². The van der Waals surface area contributed by atoms with E-state index >= 15 is 0 Å². The third-order valence-corrected chi connectivity index (χ3v) is 6.48. The standard InChI is InChI=1S/C14H16BrFN2OS2/c1-21-14(13(17)20)4-6-18(7-5-14)12(19)10-8-9(16)2-3-11(10)15/h2-3,8H,4-7H2,1H3,(H2,17,20). The zero-order valence-electron chi connectivity index (χ0n) is 11.6. The minimum absolute atomic E-state index is 0.168. The molecule has 0 atom stereocenters. The number of rotatable bonds is 3. The summed E-state index contributed by atoms with van der Waals surface area (Å²) in [4.78, 5) is 14.7. The Bertz CT molecular complexity index is 574. The molecule has 0 spiro atoms. The largest absolute Gasteiger partial charge is 0.392 e. The molecule has 2 rings (SSSR count). The van der Waals surface area contributed by atoms with Gasteiger partial charge >= 0.3 is 0 Å². The van der Waals surface area contributed by atoms with Crippen molar-refractivity contribution in [1.29, 1.82) is 0 Å². The number of benzene rings is 1. The fraction of sp³-hybridized carbons (Fsp3) is 0.429. The predicted molar refractivity (Wildman–Crippen MR) is 92.3 cm³/mol. The van der Waals surface area contributed by atoms with Gasteiger partial charge in [-0.25, -0.2) is 4.39 Å². The zero-order valence-corrected chi connectivity index (χ0v) is 14.8. The molecule has 1 aliphatic rings. The number of amides is 1. The number of halogens is 2. The Labute approximate surface area is 141 Å². The molecule has 2 N–H and O–H groups in total. The smallest absolute Gasteiger partial charge is 0.255 e. The molecule has 1 aromatic rings. The number of likely N-dealkylation sites (tertiary alicyclic amines) is 1. The van der Waals surface area contributed by atoms with Gasteiger partial charge in [0, 0.05) is 17.6 Å². The van der Waals surface area contributed by atoms with Gasteiger partial charge in [-0.3, -0.25) is 4.79 Å². The van der Waals surface area contributed by atoms with Gasteiger partial charge in [0.15, 0.2) is 0 Å². The van der Waals surface area contributed by atoms with E-state index in [1.807, 2.05) is 6.26 Å². The number of thioether (sulfide) groups is 1. The van der Waals surface area contributed by atoms with Crippen molar-refractivity contribution in [3.63, 3.8) is 0 Å². The third-order valence-electron chi connectivity index (χ3n) is 3.86. The summed E-state index contributed by atoms with van der Waals surface area (Å²) < 4.78 is 13.7. The van der Waals surface area contributed by atoms with Crippen LogP contribution in [0.3, 0.4) is 0 Å². The van der Waals surface area contributed by atoms with Gasteiger partial charge in [0.05, 0.1) is 15.3 Å². The van der Waals surface area contributed by atoms with Crippen LogP contribution in [0.4, 0.5) is 4.39 Å². The second kappa shape index (κ2) is 6.62. The SMILES string of the molecule is CSC1(C(N)=S)CCN(C(=O)c2cc(F)ccc2Br)CC1. The first-order valence-corrected chi connectivity index (χ1v) is 8.91. The molecule has 0 aliphatic carbocycles. The van der Waals surface area contributed by atoms with Crippen LogP contribution in [0.2, 0.25) is 0 Å². The monoisotopic (exact) mass is 390 g/mol. The Kier molecular flexibility index (Phi) is 5.27. The topological polar surface area (TPSA) is 46.3 Å². The van der Waals surface area contributed by atoms with Gasteiger partial charge in [-0.2, -0.15) is 11.8 Å². The molecule has 1 fully saturated rings. The van der Waals surface area contributed by atoms with Crippen molar-refractivity contribution in [3.05, 3.63) is 34.1 Å². The third kappa shape index (κ3) is 3.40. The van der Waals surface area contributed by atoms with E-state index in [-0.39, 0.29) is 10.7 Å². The van der Waals surface area contributed by atoms with Gasteiger partial charge in [-0.1, -0.05) is 12.2 Å². The van der Waals surface area contributed by atoms with Gasteiger partial charge in [-0.05, 0) is 53.2 Å². The van der Waals surface area contributed by atoms with Crippen LogP contribution in [0.1, 0.15) is 23.2 Å². The second-order valence-electron chi connectivity index (χ2n) is 4.98. The molecular weight excluding hydrogens is 375 g/mol. The van der Waals surface area contributed by atoms with Crippen molar-refractivity contribution in [1.82, 2.24) is 4.90 Å². The lowest BCUT2D eigenvalue weighted by Gasteiger charge is -2.40. The number of nitrogens with two attached hydrogens (primary N) is 1. The van der Waals surface area contributed by atoms with Crippen LogP contribution < -0.4 is 5.73 Å². The molecule has 114 valence electrons. The number of hydrogen-bond donors (Lipinski definition) is 1. The highest BCUT2D eigenvalue weighted by atomic mass is 79.9. The molecule has 1 aromatic carbocycles. The molecular formula is C14H16BrFN2OS2. The Morgan fingerprint density at radius 1 is 1.48 bits per heavy atom. The van der Waals surface area contributed by atoms with Crippen LogP contribution in [0.15, 0.2) is 22.7 Å². The van der Waals surface area contributed by atoms with E-state index in [1.165, 1.54) is 12.1 Å². The lowest BCUT2D eigenvalue weighted by molar-refractivity contribution is 0.0717. The number of carbonyl (C=O) groups is 1. The summed E-state index contributed by atoms with van der Waals surface area (Å²) in [5, 5.41) is 0. The highest BCUT2D eigenvalue weighted by molar-refractivity contribution is 9.10. The summed E-state index contributed by atoms with van der Waals surface area (Å²) in [5.41, 5.74) is 6.19. The predicted octanol–water partition coefficient (Wildman–Crippen LogP) is 3.21. The van der Waals surface area contributed by atoms with Gasteiger partial charge < -0.3 is 10.6 Å². The zero-order chi connectivity index (χ0) is 15.6. The molecule has 0 saturated carbocycles. The van der Waals surface area contributed by atoms with Crippen LogP contribution in [-0.2, 0) is 0 Å². The van der Waals surface area contributed by atoms with Gasteiger partial charge in [0.1, 0.15) is 5.82 Å². The van der Waals surface area contributed by atoms with Crippen molar-refractivity contribution in [2.75, 3.05) is 19.3 Å². The molecule has 0 unspecified atom stereocenters. The van der Waals surface area contributed by atoms with Crippen LogP contribution in [0.5, 0.6) is 0 Å². The molecule has 7 heteroatoms. The fourth-order valence-electron chi connectivity index (χ4n) is 2.45. The van der Waals surface area contributed by atoms with Gasteiger partial charge in [0.25, 0.3) is 5.91 Å². The number of thiocarbonyl (C=S) groups is 1. The fourth-order valence-corrected chi connectivity index (χ4v) is 4.12. The van der Waals surface area contributed by atoms with E-state index in [2.05, 4.69) is 15.9 Å². The Hall–Kier alpha value is -0.660. The molecule has 0 aromatic heterocycles. The first-order valence-electron chi connectivity index (χ1n) is 6.49. The van der Waals surface area contributed by atoms with E-state index in [4.69, 9.17) is 18.0 Å². The van der Waals surface area contributed by atoms with Crippen LogP contribution >= 0.6 is 39.9 Å². The van der Waals surface area contributed by atoms with Gasteiger partial charge in [-0.15, -0.1) is 0 Å². The van der Waals surface area contributed by atoms with Crippen molar-refractivity contribution < 1.29 is 9.18 Å². The Morgan fingerprint density at radius 3 is 2.62 bits per heavy atom. The summed E-state index contributed by atoms with van der Waals surface area (Å²) in [5.74, 6) is -0.584. The summed E-state index contributed by atoms with van der Waals surface area (Å²) in [6.07, 6.45) is 3.43. The van der Waals surface area contributed by atoms with Crippen LogP contribution in [-0.4, -0.2) is 39.9 Å². The maximum Gasteiger partial charge on any atom is 0.255 e. The van der Waals surface area contributed by atoms with Crippen molar-refractivity contribution in [3.8, 4) is 0 Å².